The Morgan fingerprint density at radius 1 is 1.25 bits per heavy atom. The van der Waals surface area contributed by atoms with Gasteiger partial charge in [0.1, 0.15) is 0 Å². The maximum absolute atomic E-state index is 11.1. The second-order valence-corrected chi connectivity index (χ2v) is 6.33. The van der Waals surface area contributed by atoms with Crippen molar-refractivity contribution in [1.82, 2.24) is 0 Å². The Kier molecular flexibility index (Phi) is 6.26. The van der Waals surface area contributed by atoms with E-state index in [1.54, 1.807) is 0 Å². The zero-order valence-electron chi connectivity index (χ0n) is 9.73. The molecule has 16 heavy (non-hydrogen) atoms. The maximum atomic E-state index is 11.1. The highest BCUT2D eigenvalue weighted by Crippen LogP contribution is 2.20. The lowest BCUT2D eigenvalue weighted by Crippen LogP contribution is -2.48. The van der Waals surface area contributed by atoms with E-state index in [1.165, 1.54) is 21.3 Å². The minimum atomic E-state index is -2.90. The van der Waals surface area contributed by atoms with E-state index in [9.17, 15) is 15.0 Å². The van der Waals surface area contributed by atoms with E-state index < -0.39 is 26.9 Å². The number of hydrogen-bond donors (Lipinski definition) is 3. The molecule has 0 aromatic heterocycles. The van der Waals surface area contributed by atoms with Gasteiger partial charge >= 0.3 is 8.80 Å². The average Bonchev–Trinajstić information content (AvgIpc) is 2.30. The molecule has 0 aliphatic carbocycles. The Bertz CT molecular complexity index is 222. The van der Waals surface area contributed by atoms with Gasteiger partial charge in [0.25, 0.3) is 0 Å². The quantitative estimate of drug-likeness (QED) is 0.355. The Hall–Kier alpha value is -0.353. The van der Waals surface area contributed by atoms with Crippen molar-refractivity contribution in [1.29, 1.82) is 0 Å². The number of ketones is 1. The van der Waals surface area contributed by atoms with Gasteiger partial charge in [-0.3, -0.25) is 4.79 Å². The van der Waals surface area contributed by atoms with Gasteiger partial charge in [0.15, 0.2) is 0 Å². The van der Waals surface area contributed by atoms with Gasteiger partial charge in [0.2, 0.25) is 11.6 Å². The van der Waals surface area contributed by atoms with E-state index in [0.717, 1.165) is 0 Å². The maximum Gasteiger partial charge on any atom is 0.500 e. The SMILES string of the molecule is CO[Si](CCC(O)(O)C(=O)CN)(OC)OC. The highest BCUT2D eigenvalue weighted by molar-refractivity contribution is 6.60. The minimum Gasteiger partial charge on any atom is -0.377 e. The number of carbonyl (C=O) groups is 1. The van der Waals surface area contributed by atoms with Crippen LogP contribution in [0.4, 0.5) is 0 Å². The molecule has 0 rings (SSSR count). The molecule has 0 amide bonds. The molecule has 0 unspecified atom stereocenters. The number of aliphatic hydroxyl groups is 2. The molecule has 0 aromatic carbocycles. The van der Waals surface area contributed by atoms with E-state index in [-0.39, 0.29) is 12.5 Å². The topological polar surface area (TPSA) is 111 Å². The summed E-state index contributed by atoms with van der Waals surface area (Å²) in [6.07, 6.45) is -0.245. The number of rotatable bonds is 8. The Morgan fingerprint density at radius 2 is 1.69 bits per heavy atom. The van der Waals surface area contributed by atoms with Gasteiger partial charge in [-0.15, -0.1) is 0 Å². The highest BCUT2D eigenvalue weighted by Gasteiger charge is 2.42. The van der Waals surface area contributed by atoms with Gasteiger partial charge in [-0.2, -0.15) is 0 Å². The van der Waals surface area contributed by atoms with Gasteiger partial charge in [-0.05, 0) is 0 Å². The van der Waals surface area contributed by atoms with Crippen molar-refractivity contribution in [3.8, 4) is 0 Å². The molecule has 0 spiro atoms. The first-order valence-corrected chi connectivity index (χ1v) is 6.64. The summed E-state index contributed by atoms with van der Waals surface area (Å²) in [6, 6.07) is 0.106. The highest BCUT2D eigenvalue weighted by atomic mass is 28.4. The van der Waals surface area contributed by atoms with Crippen LogP contribution in [0.15, 0.2) is 0 Å². The predicted molar refractivity (Wildman–Crippen MR) is 57.4 cm³/mol. The van der Waals surface area contributed by atoms with E-state index in [1.807, 2.05) is 0 Å². The molecule has 0 radical (unpaired) electrons. The molecule has 8 heteroatoms. The summed E-state index contributed by atoms with van der Waals surface area (Å²) in [5, 5.41) is 18.8. The Morgan fingerprint density at radius 3 is 2.00 bits per heavy atom. The summed E-state index contributed by atoms with van der Waals surface area (Å²) in [4.78, 5) is 11.1. The molecule has 0 saturated carbocycles. The van der Waals surface area contributed by atoms with Crippen LogP contribution in [-0.2, 0) is 18.1 Å². The first kappa shape index (κ1) is 15.6. The van der Waals surface area contributed by atoms with Crippen LogP contribution in [0.1, 0.15) is 6.42 Å². The van der Waals surface area contributed by atoms with Crippen LogP contribution < -0.4 is 5.73 Å². The molecular weight excluding hydrogens is 234 g/mol. The Labute approximate surface area is 95.5 Å². The first-order valence-electron chi connectivity index (χ1n) is 4.71. The van der Waals surface area contributed by atoms with E-state index >= 15 is 0 Å². The fourth-order valence-electron chi connectivity index (χ4n) is 1.19. The summed E-state index contributed by atoms with van der Waals surface area (Å²) >= 11 is 0. The zero-order chi connectivity index (χ0) is 12.8. The number of Topliss-reactive ketones (excluding diaryl/α,β-unsaturated/α-hetero) is 1. The van der Waals surface area contributed by atoms with E-state index in [0.29, 0.717) is 0 Å². The lowest BCUT2D eigenvalue weighted by Gasteiger charge is -2.27. The molecule has 0 aliphatic heterocycles. The van der Waals surface area contributed by atoms with Crippen molar-refractivity contribution in [2.24, 2.45) is 5.73 Å². The monoisotopic (exact) mass is 253 g/mol. The van der Waals surface area contributed by atoms with Crippen molar-refractivity contribution in [3.63, 3.8) is 0 Å². The van der Waals surface area contributed by atoms with Crippen LogP contribution in [-0.4, -0.2) is 58.5 Å². The van der Waals surface area contributed by atoms with Crippen molar-refractivity contribution in [2.45, 2.75) is 18.3 Å². The van der Waals surface area contributed by atoms with Gasteiger partial charge in [-0.1, -0.05) is 0 Å². The third-order valence-electron chi connectivity index (χ3n) is 2.34. The van der Waals surface area contributed by atoms with E-state index in [4.69, 9.17) is 19.0 Å². The molecule has 0 bridgehead atoms. The van der Waals surface area contributed by atoms with E-state index in [2.05, 4.69) is 0 Å². The fourth-order valence-corrected chi connectivity index (χ4v) is 2.95. The van der Waals surface area contributed by atoms with Crippen LogP contribution in [0, 0.1) is 0 Å². The lowest BCUT2D eigenvalue weighted by molar-refractivity contribution is -0.182. The summed E-state index contributed by atoms with van der Waals surface area (Å²) < 4.78 is 15.2. The molecule has 0 heterocycles. The Balaban J connectivity index is 4.46. The van der Waals surface area contributed by atoms with Crippen LogP contribution in [0.2, 0.25) is 6.04 Å². The van der Waals surface area contributed by atoms with Crippen LogP contribution in [0.3, 0.4) is 0 Å². The summed E-state index contributed by atoms with van der Waals surface area (Å²) in [5.74, 6) is -3.30. The molecule has 0 fully saturated rings. The third-order valence-corrected chi connectivity index (χ3v) is 5.07. The average molecular weight is 253 g/mol. The van der Waals surface area contributed by atoms with Crippen LogP contribution >= 0.6 is 0 Å². The van der Waals surface area contributed by atoms with Gasteiger partial charge in [-0.25, -0.2) is 0 Å². The first-order chi connectivity index (χ1) is 7.37. The minimum absolute atomic E-state index is 0.106. The van der Waals surface area contributed by atoms with Crippen molar-refractivity contribution >= 4 is 14.6 Å². The molecular formula is C8H19NO6Si. The molecule has 0 saturated heterocycles. The third kappa shape index (κ3) is 3.90. The summed E-state index contributed by atoms with van der Waals surface area (Å²) in [7, 11) is 1.31. The molecule has 4 N–H and O–H groups in total. The second kappa shape index (κ2) is 6.40. The lowest BCUT2D eigenvalue weighted by atomic mass is 10.1. The number of hydrogen-bond acceptors (Lipinski definition) is 7. The standard InChI is InChI=1S/C8H19NO6Si/c1-13-16(14-2,15-3)5-4-8(11,12)7(10)6-9/h11-12H,4-6,9H2,1-3H3. The van der Waals surface area contributed by atoms with Gasteiger partial charge in [0, 0.05) is 33.8 Å². The molecule has 7 nitrogen and oxygen atoms in total. The normalized spacial score (nSPS) is 12.9. The zero-order valence-corrected chi connectivity index (χ0v) is 10.7. The summed E-state index contributed by atoms with van der Waals surface area (Å²) in [6.45, 7) is -0.436. The summed E-state index contributed by atoms with van der Waals surface area (Å²) in [5.41, 5.74) is 5.04. The second-order valence-electron chi connectivity index (χ2n) is 3.24. The van der Waals surface area contributed by atoms with Crippen molar-refractivity contribution in [2.75, 3.05) is 27.9 Å². The smallest absolute Gasteiger partial charge is 0.377 e. The molecule has 0 aliphatic rings. The number of carbonyl (C=O) groups excluding carboxylic acids is 1. The van der Waals surface area contributed by atoms with Crippen molar-refractivity contribution in [3.05, 3.63) is 0 Å². The molecule has 0 atom stereocenters. The fraction of sp³-hybridized carbons (Fsp3) is 0.875. The number of nitrogens with two attached hydrogens (primary N) is 1. The predicted octanol–water partition coefficient (Wildman–Crippen LogP) is -1.54. The van der Waals surface area contributed by atoms with Crippen LogP contribution in [0.25, 0.3) is 0 Å². The molecule has 0 aromatic rings. The molecule has 96 valence electrons. The van der Waals surface area contributed by atoms with Crippen LogP contribution in [0.5, 0.6) is 0 Å². The van der Waals surface area contributed by atoms with Gasteiger partial charge in [0.05, 0.1) is 6.54 Å². The van der Waals surface area contributed by atoms with Crippen molar-refractivity contribution < 1.29 is 28.3 Å². The largest absolute Gasteiger partial charge is 0.500 e. The van der Waals surface area contributed by atoms with Gasteiger partial charge < -0.3 is 29.2 Å².